The number of benzene rings is 2. The Morgan fingerprint density at radius 1 is 1.00 bits per heavy atom. The van der Waals surface area contributed by atoms with Gasteiger partial charge in [-0.15, -0.1) is 0 Å². The number of hydrogen-bond acceptors (Lipinski definition) is 3. The van der Waals surface area contributed by atoms with E-state index in [2.05, 4.69) is 19.2 Å². The van der Waals surface area contributed by atoms with Gasteiger partial charge in [0.25, 0.3) is 11.8 Å². The van der Waals surface area contributed by atoms with Gasteiger partial charge in [-0.2, -0.15) is 0 Å². The molecular formula is C25H32N2O3. The number of hydrogen-bond donors (Lipinski definition) is 1. The SMILES string of the molecule is CCC(C)c1ccccc1OCC(=O)Nc1ccc(C(=O)N2CCCCCC2)cc1. The fourth-order valence-electron chi connectivity index (χ4n) is 3.73. The zero-order valence-corrected chi connectivity index (χ0v) is 18.0. The highest BCUT2D eigenvalue weighted by Gasteiger charge is 2.17. The van der Waals surface area contributed by atoms with Crippen molar-refractivity contribution in [1.29, 1.82) is 0 Å². The summed E-state index contributed by atoms with van der Waals surface area (Å²) < 4.78 is 5.77. The van der Waals surface area contributed by atoms with Crippen LogP contribution in [0.15, 0.2) is 48.5 Å². The van der Waals surface area contributed by atoms with Gasteiger partial charge in [0.05, 0.1) is 0 Å². The minimum absolute atomic E-state index is 0.0537. The van der Waals surface area contributed by atoms with Crippen LogP contribution >= 0.6 is 0 Å². The van der Waals surface area contributed by atoms with Crippen molar-refractivity contribution in [3.8, 4) is 5.75 Å². The minimum Gasteiger partial charge on any atom is -0.483 e. The van der Waals surface area contributed by atoms with E-state index in [1.54, 1.807) is 24.3 Å². The molecule has 160 valence electrons. The zero-order chi connectivity index (χ0) is 21.3. The minimum atomic E-state index is -0.222. The third kappa shape index (κ3) is 5.85. The Morgan fingerprint density at radius 2 is 1.67 bits per heavy atom. The summed E-state index contributed by atoms with van der Waals surface area (Å²) in [6, 6.07) is 15.0. The molecule has 0 aliphatic carbocycles. The van der Waals surface area contributed by atoms with Crippen LogP contribution in [0.25, 0.3) is 0 Å². The van der Waals surface area contributed by atoms with Crippen molar-refractivity contribution in [2.75, 3.05) is 25.0 Å². The van der Waals surface area contributed by atoms with E-state index in [-0.39, 0.29) is 18.4 Å². The summed E-state index contributed by atoms with van der Waals surface area (Å²) in [4.78, 5) is 26.9. The van der Waals surface area contributed by atoms with Crippen molar-refractivity contribution in [2.45, 2.75) is 51.9 Å². The Balaban J connectivity index is 1.54. The van der Waals surface area contributed by atoms with E-state index < -0.39 is 0 Å². The predicted octanol–water partition coefficient (Wildman–Crippen LogP) is 5.23. The second-order valence-electron chi connectivity index (χ2n) is 7.97. The number of nitrogens with one attached hydrogen (secondary N) is 1. The second-order valence-corrected chi connectivity index (χ2v) is 7.97. The van der Waals surface area contributed by atoms with Gasteiger partial charge in [-0.05, 0) is 61.1 Å². The van der Waals surface area contributed by atoms with Gasteiger partial charge in [-0.3, -0.25) is 9.59 Å². The van der Waals surface area contributed by atoms with Gasteiger partial charge in [0.1, 0.15) is 5.75 Å². The lowest BCUT2D eigenvalue weighted by atomic mass is 9.98. The molecule has 2 aromatic carbocycles. The average Bonchev–Trinajstić information content (AvgIpc) is 3.07. The number of carbonyl (C=O) groups excluding carboxylic acids is 2. The third-order valence-corrected chi connectivity index (χ3v) is 5.73. The highest BCUT2D eigenvalue weighted by atomic mass is 16.5. The van der Waals surface area contributed by atoms with E-state index in [0.717, 1.165) is 43.7 Å². The van der Waals surface area contributed by atoms with Crippen LogP contribution in [0.5, 0.6) is 5.75 Å². The van der Waals surface area contributed by atoms with Gasteiger partial charge in [-0.1, -0.05) is 44.9 Å². The van der Waals surface area contributed by atoms with Crippen LogP contribution in [0, 0.1) is 0 Å². The number of rotatable bonds is 7. The lowest BCUT2D eigenvalue weighted by Crippen LogP contribution is -2.31. The number of nitrogens with zero attached hydrogens (tertiary/aromatic N) is 1. The fourth-order valence-corrected chi connectivity index (χ4v) is 3.73. The highest BCUT2D eigenvalue weighted by molar-refractivity contribution is 5.96. The maximum absolute atomic E-state index is 12.7. The molecule has 1 aliphatic heterocycles. The van der Waals surface area contributed by atoms with Crippen molar-refractivity contribution >= 4 is 17.5 Å². The summed E-state index contributed by atoms with van der Waals surface area (Å²) in [6.45, 7) is 5.88. The molecule has 1 N–H and O–H groups in total. The maximum Gasteiger partial charge on any atom is 0.262 e. The molecule has 1 aliphatic rings. The highest BCUT2D eigenvalue weighted by Crippen LogP contribution is 2.28. The Hall–Kier alpha value is -2.82. The number of likely N-dealkylation sites (tertiary alicyclic amines) is 1. The van der Waals surface area contributed by atoms with Gasteiger partial charge < -0.3 is 15.0 Å². The van der Waals surface area contributed by atoms with Gasteiger partial charge in [0.2, 0.25) is 0 Å². The Labute approximate surface area is 179 Å². The van der Waals surface area contributed by atoms with Crippen LogP contribution < -0.4 is 10.1 Å². The van der Waals surface area contributed by atoms with E-state index >= 15 is 0 Å². The van der Waals surface area contributed by atoms with Gasteiger partial charge >= 0.3 is 0 Å². The van der Waals surface area contributed by atoms with Crippen LogP contribution in [-0.2, 0) is 4.79 Å². The van der Waals surface area contributed by atoms with Gasteiger partial charge in [-0.25, -0.2) is 0 Å². The van der Waals surface area contributed by atoms with E-state index in [1.807, 2.05) is 29.2 Å². The smallest absolute Gasteiger partial charge is 0.262 e. The topological polar surface area (TPSA) is 58.6 Å². The van der Waals surface area contributed by atoms with Crippen LogP contribution in [0.2, 0.25) is 0 Å². The summed E-state index contributed by atoms with van der Waals surface area (Å²) in [5.74, 6) is 0.972. The molecule has 5 nitrogen and oxygen atoms in total. The van der Waals surface area contributed by atoms with Crippen LogP contribution in [0.3, 0.4) is 0 Å². The summed E-state index contributed by atoms with van der Waals surface area (Å²) >= 11 is 0. The molecular weight excluding hydrogens is 376 g/mol. The van der Waals surface area contributed by atoms with Crippen molar-refractivity contribution < 1.29 is 14.3 Å². The molecule has 1 saturated heterocycles. The standard InChI is InChI=1S/C25H32N2O3/c1-3-19(2)22-10-6-7-11-23(22)30-18-24(28)26-21-14-12-20(13-15-21)25(29)27-16-8-4-5-9-17-27/h6-7,10-15,19H,3-5,8-9,16-18H2,1-2H3,(H,26,28). The van der Waals surface area contributed by atoms with E-state index in [4.69, 9.17) is 4.74 Å². The van der Waals surface area contributed by atoms with E-state index in [9.17, 15) is 9.59 Å². The monoisotopic (exact) mass is 408 g/mol. The number of ether oxygens (including phenoxy) is 1. The Bertz CT molecular complexity index is 840. The van der Waals surface area contributed by atoms with Crippen LogP contribution in [0.1, 0.15) is 67.8 Å². The lowest BCUT2D eigenvalue weighted by Gasteiger charge is -2.20. The normalized spacial score (nSPS) is 15.2. The maximum atomic E-state index is 12.7. The first-order valence-corrected chi connectivity index (χ1v) is 11.0. The third-order valence-electron chi connectivity index (χ3n) is 5.73. The molecule has 0 spiro atoms. The molecule has 0 bridgehead atoms. The van der Waals surface area contributed by atoms with Crippen molar-refractivity contribution in [1.82, 2.24) is 4.90 Å². The fraction of sp³-hybridized carbons (Fsp3) is 0.440. The molecule has 5 heteroatoms. The predicted molar refractivity (Wildman–Crippen MR) is 120 cm³/mol. The number of para-hydroxylation sites is 1. The number of amides is 2. The second kappa shape index (κ2) is 10.8. The Morgan fingerprint density at radius 3 is 2.33 bits per heavy atom. The molecule has 30 heavy (non-hydrogen) atoms. The summed E-state index contributed by atoms with van der Waals surface area (Å²) in [5, 5.41) is 2.84. The average molecular weight is 409 g/mol. The van der Waals surface area contributed by atoms with E-state index in [0.29, 0.717) is 17.2 Å². The quantitative estimate of drug-likeness (QED) is 0.682. The number of carbonyl (C=O) groups is 2. The number of anilines is 1. The van der Waals surface area contributed by atoms with Gasteiger partial charge in [0.15, 0.2) is 6.61 Å². The van der Waals surface area contributed by atoms with Crippen molar-refractivity contribution in [2.24, 2.45) is 0 Å². The summed E-state index contributed by atoms with van der Waals surface area (Å²) in [5.41, 5.74) is 2.43. The first-order chi connectivity index (χ1) is 14.6. The molecule has 0 aromatic heterocycles. The molecule has 0 radical (unpaired) electrons. The Kier molecular flexibility index (Phi) is 7.89. The first kappa shape index (κ1) is 21.9. The summed E-state index contributed by atoms with van der Waals surface area (Å²) in [6.07, 6.45) is 5.53. The van der Waals surface area contributed by atoms with Crippen LogP contribution in [0.4, 0.5) is 5.69 Å². The molecule has 1 heterocycles. The lowest BCUT2D eigenvalue weighted by molar-refractivity contribution is -0.118. The van der Waals surface area contributed by atoms with Crippen molar-refractivity contribution in [3.05, 3.63) is 59.7 Å². The van der Waals surface area contributed by atoms with E-state index in [1.165, 1.54) is 12.8 Å². The molecule has 1 fully saturated rings. The molecule has 2 amide bonds. The molecule has 2 aromatic rings. The first-order valence-electron chi connectivity index (χ1n) is 11.0. The van der Waals surface area contributed by atoms with Crippen molar-refractivity contribution in [3.63, 3.8) is 0 Å². The molecule has 3 rings (SSSR count). The summed E-state index contributed by atoms with van der Waals surface area (Å²) in [7, 11) is 0. The molecule has 1 atom stereocenters. The van der Waals surface area contributed by atoms with Gasteiger partial charge in [0, 0.05) is 24.3 Å². The zero-order valence-electron chi connectivity index (χ0n) is 18.0. The van der Waals surface area contributed by atoms with Crippen LogP contribution in [-0.4, -0.2) is 36.4 Å². The largest absolute Gasteiger partial charge is 0.483 e. The molecule has 1 unspecified atom stereocenters. The molecule has 0 saturated carbocycles.